The highest BCUT2D eigenvalue weighted by Gasteiger charge is 2.28. The van der Waals surface area contributed by atoms with Crippen molar-refractivity contribution < 1.29 is 4.74 Å². The molecule has 1 N–H and O–H groups in total. The van der Waals surface area contributed by atoms with Crippen molar-refractivity contribution in [2.75, 3.05) is 24.6 Å². The van der Waals surface area contributed by atoms with Gasteiger partial charge >= 0.3 is 0 Å². The highest BCUT2D eigenvalue weighted by molar-refractivity contribution is 5.55. The first-order valence-corrected chi connectivity index (χ1v) is 8.05. The average molecular weight is 274 g/mol. The molecule has 0 spiro atoms. The Kier molecular flexibility index (Phi) is 4.58. The molecule has 3 heteroatoms. The Morgan fingerprint density at radius 2 is 2.25 bits per heavy atom. The quantitative estimate of drug-likeness (QED) is 0.917. The molecule has 2 aliphatic heterocycles. The van der Waals surface area contributed by atoms with Gasteiger partial charge in [0.05, 0.1) is 6.10 Å². The monoisotopic (exact) mass is 274 g/mol. The van der Waals surface area contributed by atoms with E-state index in [-0.39, 0.29) is 0 Å². The van der Waals surface area contributed by atoms with Crippen molar-refractivity contribution in [2.45, 2.75) is 51.3 Å². The molecule has 2 atom stereocenters. The number of ether oxygens (including phenoxy) is 1. The first-order chi connectivity index (χ1) is 9.88. The zero-order chi connectivity index (χ0) is 13.8. The van der Waals surface area contributed by atoms with E-state index in [1.54, 1.807) is 0 Å². The predicted molar refractivity (Wildman–Crippen MR) is 83.2 cm³/mol. The van der Waals surface area contributed by atoms with Crippen molar-refractivity contribution in [3.63, 3.8) is 0 Å². The second-order valence-electron chi connectivity index (χ2n) is 5.96. The minimum Gasteiger partial charge on any atom is -0.378 e. The van der Waals surface area contributed by atoms with Gasteiger partial charge in [-0.2, -0.15) is 0 Å². The van der Waals surface area contributed by atoms with E-state index in [9.17, 15) is 0 Å². The van der Waals surface area contributed by atoms with E-state index in [2.05, 4.69) is 41.4 Å². The van der Waals surface area contributed by atoms with E-state index < -0.39 is 0 Å². The van der Waals surface area contributed by atoms with Crippen LogP contribution in [0.25, 0.3) is 0 Å². The number of hydrogen-bond acceptors (Lipinski definition) is 3. The lowest BCUT2D eigenvalue weighted by Gasteiger charge is -2.39. The molecule has 110 valence electrons. The van der Waals surface area contributed by atoms with E-state index in [1.807, 2.05) is 0 Å². The fourth-order valence-corrected chi connectivity index (χ4v) is 3.53. The second-order valence-corrected chi connectivity index (χ2v) is 5.96. The third-order valence-electron chi connectivity index (χ3n) is 4.54. The molecule has 0 radical (unpaired) electrons. The van der Waals surface area contributed by atoms with Gasteiger partial charge < -0.3 is 15.0 Å². The number of para-hydroxylation sites is 1. The summed E-state index contributed by atoms with van der Waals surface area (Å²) in [5.41, 5.74) is 2.86. The molecule has 2 unspecified atom stereocenters. The van der Waals surface area contributed by atoms with Crippen LogP contribution < -0.4 is 10.2 Å². The van der Waals surface area contributed by atoms with Crippen LogP contribution in [0, 0.1) is 0 Å². The first-order valence-electron chi connectivity index (χ1n) is 8.05. The van der Waals surface area contributed by atoms with Crippen molar-refractivity contribution in [1.82, 2.24) is 5.32 Å². The van der Waals surface area contributed by atoms with E-state index in [0.717, 1.165) is 32.7 Å². The Bertz CT molecular complexity index is 433. The maximum atomic E-state index is 5.92. The van der Waals surface area contributed by atoms with Crippen LogP contribution in [0.5, 0.6) is 0 Å². The van der Waals surface area contributed by atoms with Crippen LogP contribution in [0.3, 0.4) is 0 Å². The molecule has 0 aromatic heterocycles. The van der Waals surface area contributed by atoms with Crippen molar-refractivity contribution in [2.24, 2.45) is 0 Å². The number of nitrogens with zero attached hydrogens (tertiary/aromatic N) is 1. The summed E-state index contributed by atoms with van der Waals surface area (Å²) in [4.78, 5) is 2.63. The van der Waals surface area contributed by atoms with Gasteiger partial charge in [0.25, 0.3) is 0 Å². The van der Waals surface area contributed by atoms with Crippen LogP contribution in [-0.2, 0) is 11.3 Å². The van der Waals surface area contributed by atoms with Gasteiger partial charge in [-0.3, -0.25) is 0 Å². The van der Waals surface area contributed by atoms with E-state index in [4.69, 9.17) is 4.74 Å². The molecule has 1 fully saturated rings. The van der Waals surface area contributed by atoms with E-state index in [1.165, 1.54) is 30.5 Å². The lowest BCUT2D eigenvalue weighted by Crippen LogP contribution is -2.44. The molecule has 0 aliphatic carbocycles. The molecule has 0 amide bonds. The lowest BCUT2D eigenvalue weighted by molar-refractivity contribution is 0.00165. The Morgan fingerprint density at radius 1 is 1.35 bits per heavy atom. The number of nitrogens with one attached hydrogen (secondary N) is 1. The summed E-state index contributed by atoms with van der Waals surface area (Å²) >= 11 is 0. The van der Waals surface area contributed by atoms with E-state index >= 15 is 0 Å². The summed E-state index contributed by atoms with van der Waals surface area (Å²) in [6.45, 7) is 6.35. The number of benzene rings is 1. The van der Waals surface area contributed by atoms with Crippen LogP contribution in [-0.4, -0.2) is 31.8 Å². The van der Waals surface area contributed by atoms with Gasteiger partial charge in [-0.15, -0.1) is 0 Å². The van der Waals surface area contributed by atoms with Gasteiger partial charge in [0.15, 0.2) is 0 Å². The van der Waals surface area contributed by atoms with Crippen LogP contribution in [0.2, 0.25) is 0 Å². The van der Waals surface area contributed by atoms with Crippen LogP contribution in [0.15, 0.2) is 24.3 Å². The smallest absolute Gasteiger partial charge is 0.0594 e. The highest BCUT2D eigenvalue weighted by atomic mass is 16.5. The van der Waals surface area contributed by atoms with Crippen LogP contribution >= 0.6 is 0 Å². The molecule has 3 nitrogen and oxygen atoms in total. The normalized spacial score (nSPS) is 26.9. The van der Waals surface area contributed by atoms with Gasteiger partial charge in [0.2, 0.25) is 0 Å². The standard InChI is InChI=1S/C17H26N2O/c1-2-5-16-12-15(8-11-20-16)19-10-9-18-13-14-6-3-4-7-17(14)19/h3-4,6-7,15-16,18H,2,5,8-13H2,1H3. The van der Waals surface area contributed by atoms with E-state index in [0.29, 0.717) is 12.1 Å². The lowest BCUT2D eigenvalue weighted by atomic mass is 9.97. The average Bonchev–Trinajstić information content (AvgIpc) is 2.70. The Balaban J connectivity index is 1.78. The number of hydrogen-bond donors (Lipinski definition) is 1. The van der Waals surface area contributed by atoms with Crippen LogP contribution in [0.1, 0.15) is 38.2 Å². The summed E-state index contributed by atoms with van der Waals surface area (Å²) in [6.07, 6.45) is 5.22. The minimum absolute atomic E-state index is 0.460. The van der Waals surface area contributed by atoms with Crippen molar-refractivity contribution in [3.05, 3.63) is 29.8 Å². The van der Waals surface area contributed by atoms with Crippen molar-refractivity contribution >= 4 is 5.69 Å². The third-order valence-corrected chi connectivity index (χ3v) is 4.54. The SMILES string of the molecule is CCCC1CC(N2CCNCc3ccccc32)CCO1. The molecular formula is C17H26N2O. The molecule has 0 bridgehead atoms. The summed E-state index contributed by atoms with van der Waals surface area (Å²) in [5.74, 6) is 0. The fraction of sp³-hybridized carbons (Fsp3) is 0.647. The number of rotatable bonds is 3. The summed E-state index contributed by atoms with van der Waals surface area (Å²) < 4.78 is 5.92. The maximum absolute atomic E-state index is 5.92. The first kappa shape index (κ1) is 13.9. The van der Waals surface area contributed by atoms with Crippen molar-refractivity contribution in [1.29, 1.82) is 0 Å². The van der Waals surface area contributed by atoms with Gasteiger partial charge in [-0.05, 0) is 30.9 Å². The second kappa shape index (κ2) is 6.59. The van der Waals surface area contributed by atoms with Gasteiger partial charge in [-0.1, -0.05) is 31.5 Å². The van der Waals surface area contributed by atoms with Gasteiger partial charge in [0, 0.05) is 38.0 Å². The summed E-state index contributed by atoms with van der Waals surface area (Å²) in [5, 5.41) is 3.54. The number of fused-ring (bicyclic) bond motifs is 1. The molecule has 20 heavy (non-hydrogen) atoms. The molecule has 1 saturated heterocycles. The summed E-state index contributed by atoms with van der Waals surface area (Å²) in [7, 11) is 0. The van der Waals surface area contributed by atoms with Crippen molar-refractivity contribution in [3.8, 4) is 0 Å². The molecule has 1 aromatic carbocycles. The number of anilines is 1. The fourth-order valence-electron chi connectivity index (χ4n) is 3.53. The molecule has 2 aliphatic rings. The van der Waals surface area contributed by atoms with Crippen LogP contribution in [0.4, 0.5) is 5.69 Å². The third kappa shape index (κ3) is 2.99. The zero-order valence-electron chi connectivity index (χ0n) is 12.5. The summed E-state index contributed by atoms with van der Waals surface area (Å²) in [6, 6.07) is 9.49. The Hall–Kier alpha value is -1.06. The highest BCUT2D eigenvalue weighted by Crippen LogP contribution is 2.30. The molecule has 3 rings (SSSR count). The molecular weight excluding hydrogens is 248 g/mol. The predicted octanol–water partition coefficient (Wildman–Crippen LogP) is 2.94. The largest absolute Gasteiger partial charge is 0.378 e. The minimum atomic E-state index is 0.460. The molecule has 1 aromatic rings. The Morgan fingerprint density at radius 3 is 3.15 bits per heavy atom. The zero-order valence-corrected chi connectivity index (χ0v) is 12.5. The molecule has 0 saturated carbocycles. The van der Waals surface area contributed by atoms with Gasteiger partial charge in [-0.25, -0.2) is 0 Å². The van der Waals surface area contributed by atoms with Gasteiger partial charge in [0.1, 0.15) is 0 Å². The topological polar surface area (TPSA) is 24.5 Å². The molecule has 2 heterocycles. The Labute approximate surface area is 122 Å². The maximum Gasteiger partial charge on any atom is 0.0594 e.